The second kappa shape index (κ2) is 5.57. The van der Waals surface area contributed by atoms with E-state index in [1.807, 2.05) is 0 Å². The monoisotopic (exact) mass is 309 g/mol. The second-order valence-electron chi connectivity index (χ2n) is 6.11. The molecular weight excluding hydrogens is 290 g/mol. The van der Waals surface area contributed by atoms with Crippen LogP contribution in [0, 0.1) is 0 Å². The summed E-state index contributed by atoms with van der Waals surface area (Å²) in [7, 11) is 0. The van der Waals surface area contributed by atoms with E-state index in [9.17, 15) is 0 Å². The Bertz CT molecular complexity index is 510. The summed E-state index contributed by atoms with van der Waals surface area (Å²) in [5, 5.41) is 0.291. The third-order valence-corrected chi connectivity index (χ3v) is 4.72. The molecule has 2 bridgehead atoms. The first-order valence-corrected chi connectivity index (χ1v) is 8.23. The van der Waals surface area contributed by atoms with Gasteiger partial charge in [-0.25, -0.2) is 0 Å². The molecule has 0 spiro atoms. The average Bonchev–Trinajstić information content (AvgIpc) is 2.86. The van der Waals surface area contributed by atoms with Crippen molar-refractivity contribution >= 4 is 23.5 Å². The second-order valence-corrected chi connectivity index (χ2v) is 6.45. The topological polar surface area (TPSA) is 54.4 Å². The van der Waals surface area contributed by atoms with Crippen LogP contribution in [0.25, 0.3) is 0 Å². The van der Waals surface area contributed by atoms with Gasteiger partial charge in [0.05, 0.1) is 12.2 Å². The van der Waals surface area contributed by atoms with Gasteiger partial charge in [0, 0.05) is 26.2 Å². The molecule has 4 rings (SSSR count). The number of piperidine rings is 1. The van der Waals surface area contributed by atoms with Gasteiger partial charge < -0.3 is 14.5 Å². The molecule has 6 nitrogen and oxygen atoms in total. The highest BCUT2D eigenvalue weighted by atomic mass is 35.5. The van der Waals surface area contributed by atoms with Crippen molar-refractivity contribution in [3.8, 4) is 0 Å². The first-order chi connectivity index (χ1) is 10.3. The van der Waals surface area contributed by atoms with Crippen LogP contribution in [0.5, 0.6) is 0 Å². The van der Waals surface area contributed by atoms with E-state index in [4.69, 9.17) is 16.3 Å². The summed E-state index contributed by atoms with van der Waals surface area (Å²) in [5.41, 5.74) is 0. The fourth-order valence-corrected chi connectivity index (χ4v) is 3.64. The molecule has 7 heteroatoms. The first-order valence-electron chi connectivity index (χ1n) is 7.85. The van der Waals surface area contributed by atoms with Crippen LogP contribution in [0.2, 0.25) is 5.28 Å². The highest BCUT2D eigenvalue weighted by molar-refractivity contribution is 6.28. The molecule has 0 aliphatic carbocycles. The highest BCUT2D eigenvalue weighted by Crippen LogP contribution is 2.29. The molecule has 3 saturated heterocycles. The number of anilines is 2. The minimum atomic E-state index is 0.291. The minimum Gasteiger partial charge on any atom is -0.371 e. The zero-order valence-electron chi connectivity index (χ0n) is 12.0. The molecule has 0 saturated carbocycles. The fraction of sp³-hybridized carbons (Fsp3) is 0.786. The fourth-order valence-electron chi connectivity index (χ4n) is 3.48. The SMILES string of the molecule is Clc1nc(N2CCCCC2)nc(N2CC3CCC(C2)O3)n1. The van der Waals surface area contributed by atoms with Crippen LogP contribution in [0.15, 0.2) is 0 Å². The summed E-state index contributed by atoms with van der Waals surface area (Å²) in [5.74, 6) is 1.43. The van der Waals surface area contributed by atoms with Crippen molar-refractivity contribution in [3.05, 3.63) is 5.28 Å². The van der Waals surface area contributed by atoms with Crippen LogP contribution in [-0.4, -0.2) is 53.3 Å². The average molecular weight is 310 g/mol. The summed E-state index contributed by atoms with van der Waals surface area (Å²) in [6.07, 6.45) is 6.59. The van der Waals surface area contributed by atoms with Gasteiger partial charge >= 0.3 is 0 Å². The lowest BCUT2D eigenvalue weighted by molar-refractivity contribution is 0.0299. The van der Waals surface area contributed by atoms with Crippen molar-refractivity contribution in [3.63, 3.8) is 0 Å². The van der Waals surface area contributed by atoms with E-state index in [0.717, 1.165) is 45.0 Å². The summed E-state index contributed by atoms with van der Waals surface area (Å²) in [6.45, 7) is 3.73. The van der Waals surface area contributed by atoms with Gasteiger partial charge in [0.15, 0.2) is 0 Å². The maximum Gasteiger partial charge on any atom is 0.231 e. The number of hydrogen-bond donors (Lipinski definition) is 0. The van der Waals surface area contributed by atoms with Crippen LogP contribution < -0.4 is 9.80 Å². The predicted octanol–water partition coefficient (Wildman–Crippen LogP) is 1.88. The highest BCUT2D eigenvalue weighted by Gasteiger charge is 2.35. The molecule has 2 unspecified atom stereocenters. The van der Waals surface area contributed by atoms with Crippen LogP contribution in [-0.2, 0) is 4.74 Å². The number of rotatable bonds is 2. The van der Waals surface area contributed by atoms with Gasteiger partial charge in [0.25, 0.3) is 0 Å². The lowest BCUT2D eigenvalue weighted by Gasteiger charge is -2.33. The third-order valence-electron chi connectivity index (χ3n) is 4.55. The lowest BCUT2D eigenvalue weighted by Crippen LogP contribution is -2.43. The van der Waals surface area contributed by atoms with E-state index in [1.165, 1.54) is 19.3 Å². The molecule has 3 aliphatic heterocycles. The molecule has 0 amide bonds. The minimum absolute atomic E-state index is 0.291. The van der Waals surface area contributed by atoms with Gasteiger partial charge in [-0.15, -0.1) is 0 Å². The number of morpholine rings is 1. The molecule has 0 N–H and O–H groups in total. The summed E-state index contributed by atoms with van der Waals surface area (Å²) in [6, 6.07) is 0. The normalized spacial score (nSPS) is 29.0. The lowest BCUT2D eigenvalue weighted by atomic mass is 10.1. The maximum atomic E-state index is 6.13. The smallest absolute Gasteiger partial charge is 0.231 e. The Labute approximate surface area is 129 Å². The molecule has 21 heavy (non-hydrogen) atoms. The van der Waals surface area contributed by atoms with E-state index in [1.54, 1.807) is 0 Å². The number of fused-ring (bicyclic) bond motifs is 2. The van der Waals surface area contributed by atoms with Crippen molar-refractivity contribution in [2.24, 2.45) is 0 Å². The number of halogens is 1. The Morgan fingerprint density at radius 3 is 2.14 bits per heavy atom. The van der Waals surface area contributed by atoms with Crippen molar-refractivity contribution < 1.29 is 4.74 Å². The van der Waals surface area contributed by atoms with Gasteiger partial charge in [-0.2, -0.15) is 15.0 Å². The molecule has 2 atom stereocenters. The van der Waals surface area contributed by atoms with Crippen molar-refractivity contribution in [2.45, 2.75) is 44.3 Å². The zero-order chi connectivity index (χ0) is 14.2. The molecule has 1 aromatic rings. The van der Waals surface area contributed by atoms with E-state index in [0.29, 0.717) is 23.4 Å². The van der Waals surface area contributed by atoms with Gasteiger partial charge in [-0.05, 0) is 43.7 Å². The quantitative estimate of drug-likeness (QED) is 0.831. The standard InChI is InChI=1S/C14H20ClN5O/c15-12-16-13(19-6-2-1-3-7-19)18-14(17-12)20-8-10-4-5-11(9-20)21-10/h10-11H,1-9H2. The zero-order valence-corrected chi connectivity index (χ0v) is 12.8. The van der Waals surface area contributed by atoms with Crippen LogP contribution in [0.1, 0.15) is 32.1 Å². The number of ether oxygens (including phenoxy) is 1. The Balaban J connectivity index is 1.58. The van der Waals surface area contributed by atoms with Crippen LogP contribution >= 0.6 is 11.6 Å². The molecule has 0 aromatic carbocycles. The number of aromatic nitrogens is 3. The van der Waals surface area contributed by atoms with Crippen molar-refractivity contribution in [1.29, 1.82) is 0 Å². The number of nitrogens with zero attached hydrogens (tertiary/aromatic N) is 5. The first kappa shape index (κ1) is 13.5. The predicted molar refractivity (Wildman–Crippen MR) is 81.0 cm³/mol. The van der Waals surface area contributed by atoms with Gasteiger partial charge in [-0.1, -0.05) is 0 Å². The molecule has 0 radical (unpaired) electrons. The third kappa shape index (κ3) is 2.79. The van der Waals surface area contributed by atoms with Crippen molar-refractivity contribution in [2.75, 3.05) is 36.0 Å². The molecular formula is C14H20ClN5O. The van der Waals surface area contributed by atoms with Gasteiger partial charge in [0.1, 0.15) is 0 Å². The summed E-state index contributed by atoms with van der Waals surface area (Å²) >= 11 is 6.13. The molecule has 114 valence electrons. The van der Waals surface area contributed by atoms with Gasteiger partial charge in [-0.3, -0.25) is 0 Å². The van der Waals surface area contributed by atoms with E-state index >= 15 is 0 Å². The van der Waals surface area contributed by atoms with Crippen LogP contribution in [0.3, 0.4) is 0 Å². The summed E-state index contributed by atoms with van der Waals surface area (Å²) in [4.78, 5) is 17.7. The molecule has 4 heterocycles. The van der Waals surface area contributed by atoms with E-state index in [2.05, 4.69) is 24.8 Å². The molecule has 3 aliphatic rings. The Morgan fingerprint density at radius 2 is 1.48 bits per heavy atom. The van der Waals surface area contributed by atoms with E-state index < -0.39 is 0 Å². The van der Waals surface area contributed by atoms with Crippen molar-refractivity contribution in [1.82, 2.24) is 15.0 Å². The van der Waals surface area contributed by atoms with Gasteiger partial charge in [0.2, 0.25) is 17.2 Å². The number of hydrogen-bond acceptors (Lipinski definition) is 6. The largest absolute Gasteiger partial charge is 0.371 e. The molecule has 3 fully saturated rings. The Hall–Kier alpha value is -1.14. The van der Waals surface area contributed by atoms with Crippen LogP contribution in [0.4, 0.5) is 11.9 Å². The Kier molecular flexibility index (Phi) is 3.59. The maximum absolute atomic E-state index is 6.13. The molecule has 1 aromatic heterocycles. The summed E-state index contributed by atoms with van der Waals surface area (Å²) < 4.78 is 5.87. The van der Waals surface area contributed by atoms with E-state index in [-0.39, 0.29) is 0 Å². The Morgan fingerprint density at radius 1 is 0.857 bits per heavy atom.